The summed E-state index contributed by atoms with van der Waals surface area (Å²) >= 11 is 0. The van der Waals surface area contributed by atoms with E-state index < -0.39 is 17.4 Å². The Balaban J connectivity index is 1.93. The molecule has 1 atom stereocenters. The molecule has 0 radical (unpaired) electrons. The minimum atomic E-state index is -1.69. The first-order valence-corrected chi connectivity index (χ1v) is 8.48. The number of amides is 3. The summed E-state index contributed by atoms with van der Waals surface area (Å²) in [6.45, 7) is 1.75. The van der Waals surface area contributed by atoms with Crippen molar-refractivity contribution >= 4 is 23.4 Å². The normalized spacial score (nSPS) is 18.5. The summed E-state index contributed by atoms with van der Waals surface area (Å²) in [6.07, 6.45) is 1.72. The van der Waals surface area contributed by atoms with Crippen LogP contribution < -0.4 is 11.1 Å². The number of anilines is 1. The number of carbonyl (C=O) groups excluding carboxylic acids is 3. The summed E-state index contributed by atoms with van der Waals surface area (Å²) in [4.78, 5) is 36.3. The number of hydrogen-bond donors (Lipinski definition) is 3. The van der Waals surface area contributed by atoms with Crippen LogP contribution in [-0.2, 0) is 9.59 Å². The molecule has 9 nitrogen and oxygen atoms in total. The van der Waals surface area contributed by atoms with Crippen molar-refractivity contribution in [2.75, 3.05) is 18.9 Å². The second kappa shape index (κ2) is 7.17. The predicted octanol–water partition coefficient (Wildman–Crippen LogP) is -0.126. The molecule has 4 N–H and O–H groups in total. The summed E-state index contributed by atoms with van der Waals surface area (Å²) in [5, 5.41) is 17.0. The number of rotatable bonds is 3. The Bertz CT molecular complexity index is 1030. The van der Waals surface area contributed by atoms with Crippen LogP contribution in [0.2, 0.25) is 0 Å². The second-order valence-corrected chi connectivity index (χ2v) is 6.52. The molecular formula is C19H19N5O4. The van der Waals surface area contributed by atoms with Crippen molar-refractivity contribution in [1.82, 2.24) is 14.7 Å². The Labute approximate surface area is 161 Å². The van der Waals surface area contributed by atoms with Gasteiger partial charge in [-0.25, -0.2) is 4.68 Å². The van der Waals surface area contributed by atoms with Gasteiger partial charge in [0.1, 0.15) is 0 Å². The lowest BCUT2D eigenvalue weighted by molar-refractivity contribution is -0.137. The molecule has 1 saturated heterocycles. The topological polar surface area (TPSA) is 131 Å². The molecule has 3 amide bonds. The SMILES string of the molecule is CC(=O)Nc1cn(-c2cccc(C#C[C@]3(O)CCN(C)C3=O)c2)nc1C(N)=O. The number of benzene rings is 1. The summed E-state index contributed by atoms with van der Waals surface area (Å²) < 4.78 is 1.39. The molecule has 144 valence electrons. The highest BCUT2D eigenvalue weighted by Gasteiger charge is 2.42. The number of nitrogens with zero attached hydrogens (tertiary/aromatic N) is 3. The van der Waals surface area contributed by atoms with Gasteiger partial charge >= 0.3 is 0 Å². The number of nitrogens with two attached hydrogens (primary N) is 1. The van der Waals surface area contributed by atoms with E-state index in [0.29, 0.717) is 17.8 Å². The van der Waals surface area contributed by atoms with Crippen molar-refractivity contribution in [3.05, 3.63) is 41.7 Å². The summed E-state index contributed by atoms with van der Waals surface area (Å²) in [5.41, 5.74) is 4.87. The van der Waals surface area contributed by atoms with Gasteiger partial charge in [0.25, 0.3) is 11.8 Å². The summed E-state index contributed by atoms with van der Waals surface area (Å²) in [7, 11) is 1.61. The van der Waals surface area contributed by atoms with E-state index in [4.69, 9.17) is 5.73 Å². The maximum atomic E-state index is 12.0. The van der Waals surface area contributed by atoms with Crippen molar-refractivity contribution in [3.63, 3.8) is 0 Å². The minimum Gasteiger partial charge on any atom is -0.369 e. The molecule has 1 aliphatic heterocycles. The molecule has 0 saturated carbocycles. The zero-order valence-electron chi connectivity index (χ0n) is 15.4. The molecule has 9 heteroatoms. The van der Waals surface area contributed by atoms with Gasteiger partial charge in [-0.2, -0.15) is 5.10 Å². The van der Waals surface area contributed by atoms with E-state index in [-0.39, 0.29) is 23.7 Å². The van der Waals surface area contributed by atoms with E-state index >= 15 is 0 Å². The van der Waals surface area contributed by atoms with Crippen LogP contribution in [0.25, 0.3) is 5.69 Å². The van der Waals surface area contributed by atoms with Crippen LogP contribution in [0.5, 0.6) is 0 Å². The number of primary amides is 1. The first-order chi connectivity index (χ1) is 13.2. The molecule has 1 aromatic carbocycles. The molecular weight excluding hydrogens is 362 g/mol. The molecule has 3 rings (SSSR count). The van der Waals surface area contributed by atoms with Crippen molar-refractivity contribution in [2.45, 2.75) is 18.9 Å². The van der Waals surface area contributed by atoms with Crippen molar-refractivity contribution in [1.29, 1.82) is 0 Å². The number of likely N-dealkylation sites (tertiary alicyclic amines) is 1. The fourth-order valence-corrected chi connectivity index (χ4v) is 2.84. The van der Waals surface area contributed by atoms with E-state index in [2.05, 4.69) is 22.3 Å². The molecule has 0 unspecified atom stereocenters. The van der Waals surface area contributed by atoms with Gasteiger partial charge < -0.3 is 21.1 Å². The van der Waals surface area contributed by atoms with E-state index in [1.54, 1.807) is 31.3 Å². The molecule has 0 bridgehead atoms. The number of nitrogens with one attached hydrogen (secondary N) is 1. The first kappa shape index (κ1) is 19.1. The predicted molar refractivity (Wildman–Crippen MR) is 100 cm³/mol. The van der Waals surface area contributed by atoms with Crippen molar-refractivity contribution in [3.8, 4) is 17.5 Å². The van der Waals surface area contributed by atoms with Crippen LogP contribution in [-0.4, -0.2) is 56.7 Å². The van der Waals surface area contributed by atoms with Gasteiger partial charge in [-0.05, 0) is 18.2 Å². The van der Waals surface area contributed by atoms with E-state index in [1.807, 2.05) is 0 Å². The third-order valence-electron chi connectivity index (χ3n) is 4.29. The van der Waals surface area contributed by atoms with Gasteiger partial charge in [0.05, 0.1) is 17.6 Å². The Kier molecular flexibility index (Phi) is 4.90. The standard InChI is InChI=1S/C19H19N5O4/c1-12(25)21-15-11-24(22-16(15)17(20)26)14-5-3-4-13(10-14)6-7-19(28)8-9-23(2)18(19)27/h3-5,10-11,28H,8-9H2,1-2H3,(H2,20,26)(H,21,25)/t19-/m0/s1. The zero-order chi connectivity index (χ0) is 20.5. The highest BCUT2D eigenvalue weighted by atomic mass is 16.3. The maximum absolute atomic E-state index is 12.0. The van der Waals surface area contributed by atoms with Crippen LogP contribution in [0.4, 0.5) is 5.69 Å². The highest BCUT2D eigenvalue weighted by Crippen LogP contribution is 2.21. The fourth-order valence-electron chi connectivity index (χ4n) is 2.84. The molecule has 2 aromatic rings. The van der Waals surface area contributed by atoms with Gasteiger partial charge in [0.15, 0.2) is 5.69 Å². The van der Waals surface area contributed by atoms with Crippen LogP contribution in [0.1, 0.15) is 29.4 Å². The Morgan fingerprint density at radius 1 is 1.39 bits per heavy atom. The Morgan fingerprint density at radius 3 is 2.75 bits per heavy atom. The van der Waals surface area contributed by atoms with E-state index in [0.717, 1.165) is 0 Å². The van der Waals surface area contributed by atoms with E-state index in [1.165, 1.54) is 22.7 Å². The quantitative estimate of drug-likeness (QED) is 0.638. The molecule has 1 aromatic heterocycles. The summed E-state index contributed by atoms with van der Waals surface area (Å²) in [5.74, 6) is 3.91. The number of hydrogen-bond acceptors (Lipinski definition) is 5. The minimum absolute atomic E-state index is 0.0689. The van der Waals surface area contributed by atoms with Gasteiger partial charge in [0, 0.05) is 32.5 Å². The monoisotopic (exact) mass is 381 g/mol. The smallest absolute Gasteiger partial charge is 0.271 e. The fraction of sp³-hybridized carbons (Fsp3) is 0.263. The highest BCUT2D eigenvalue weighted by molar-refractivity contribution is 6.01. The first-order valence-electron chi connectivity index (χ1n) is 8.48. The molecule has 2 heterocycles. The summed E-state index contributed by atoms with van der Waals surface area (Å²) in [6, 6.07) is 6.84. The van der Waals surface area contributed by atoms with Crippen molar-refractivity contribution in [2.24, 2.45) is 5.73 Å². The van der Waals surface area contributed by atoms with Crippen LogP contribution in [0.15, 0.2) is 30.5 Å². The largest absolute Gasteiger partial charge is 0.369 e. The lowest BCUT2D eigenvalue weighted by Crippen LogP contribution is -2.37. The number of aliphatic hydroxyl groups is 1. The van der Waals surface area contributed by atoms with E-state index in [9.17, 15) is 19.5 Å². The average Bonchev–Trinajstić information content (AvgIpc) is 3.17. The molecule has 1 fully saturated rings. The third-order valence-corrected chi connectivity index (χ3v) is 4.29. The molecule has 28 heavy (non-hydrogen) atoms. The van der Waals surface area contributed by atoms with Crippen molar-refractivity contribution < 1.29 is 19.5 Å². The average molecular weight is 381 g/mol. The lowest BCUT2D eigenvalue weighted by Gasteiger charge is -2.13. The number of likely N-dealkylation sites (N-methyl/N-ethyl adjacent to an activating group) is 1. The van der Waals surface area contributed by atoms with Gasteiger partial charge in [-0.15, -0.1) is 0 Å². The van der Waals surface area contributed by atoms with Crippen LogP contribution >= 0.6 is 0 Å². The zero-order valence-corrected chi connectivity index (χ0v) is 15.4. The molecule has 0 aliphatic carbocycles. The van der Waals surface area contributed by atoms with Gasteiger partial charge in [-0.1, -0.05) is 17.9 Å². The third kappa shape index (κ3) is 3.72. The van der Waals surface area contributed by atoms with Gasteiger partial charge in [-0.3, -0.25) is 14.4 Å². The number of carbonyl (C=O) groups is 3. The van der Waals surface area contributed by atoms with Gasteiger partial charge in [0.2, 0.25) is 11.5 Å². The Hall–Kier alpha value is -3.64. The lowest BCUT2D eigenvalue weighted by atomic mass is 10.0. The van der Waals surface area contributed by atoms with Crippen LogP contribution in [0, 0.1) is 11.8 Å². The molecule has 0 spiro atoms. The Morgan fingerprint density at radius 2 is 2.14 bits per heavy atom. The van der Waals surface area contributed by atoms with Crippen LogP contribution in [0.3, 0.4) is 0 Å². The number of aromatic nitrogens is 2. The maximum Gasteiger partial charge on any atom is 0.271 e. The molecule has 1 aliphatic rings. The second-order valence-electron chi connectivity index (χ2n) is 6.52.